The molecular formula is C22H19ClFN3O5S. The largest absolute Gasteiger partial charge is 0.484 e. The summed E-state index contributed by atoms with van der Waals surface area (Å²) in [5, 5.41) is -0.0292. The standard InChI is InChI=1S/C22H19ClFN3O5S/c1-14-3-2-4-17(11-14)32-13-21(28)25-26-22(29)19-12-18(9-10-20(19)23)33(30,31)27-16-7-5-15(24)6-8-16/h2-12,27H,13H2,1H3,(H,25,28)(H,26,29). The summed E-state index contributed by atoms with van der Waals surface area (Å²) in [4.78, 5) is 24.2. The number of hydrogen-bond acceptors (Lipinski definition) is 5. The van der Waals surface area contributed by atoms with Gasteiger partial charge in [0.15, 0.2) is 6.61 Å². The van der Waals surface area contributed by atoms with E-state index in [0.29, 0.717) is 5.75 Å². The van der Waals surface area contributed by atoms with Crippen molar-refractivity contribution >= 4 is 39.1 Å². The van der Waals surface area contributed by atoms with E-state index in [-0.39, 0.29) is 27.8 Å². The zero-order chi connectivity index (χ0) is 24.0. The van der Waals surface area contributed by atoms with E-state index >= 15 is 0 Å². The number of halogens is 2. The Balaban J connectivity index is 1.63. The highest BCUT2D eigenvalue weighted by Gasteiger charge is 2.19. The van der Waals surface area contributed by atoms with Crippen LogP contribution >= 0.6 is 11.6 Å². The van der Waals surface area contributed by atoms with Crippen molar-refractivity contribution in [1.82, 2.24) is 10.9 Å². The summed E-state index contributed by atoms with van der Waals surface area (Å²) >= 11 is 6.03. The van der Waals surface area contributed by atoms with Crippen LogP contribution in [-0.4, -0.2) is 26.8 Å². The number of amides is 2. The van der Waals surface area contributed by atoms with Crippen molar-refractivity contribution in [3.05, 3.63) is 88.7 Å². The molecule has 3 rings (SSSR count). The van der Waals surface area contributed by atoms with Crippen LogP contribution in [0.15, 0.2) is 71.6 Å². The molecule has 0 aliphatic carbocycles. The fourth-order valence-electron chi connectivity index (χ4n) is 2.66. The van der Waals surface area contributed by atoms with Crippen LogP contribution < -0.4 is 20.3 Å². The van der Waals surface area contributed by atoms with Crippen LogP contribution in [0.2, 0.25) is 5.02 Å². The Morgan fingerprint density at radius 2 is 1.73 bits per heavy atom. The van der Waals surface area contributed by atoms with E-state index in [4.69, 9.17) is 16.3 Å². The van der Waals surface area contributed by atoms with Crippen molar-refractivity contribution in [2.45, 2.75) is 11.8 Å². The molecule has 8 nitrogen and oxygen atoms in total. The van der Waals surface area contributed by atoms with Crippen LogP contribution in [-0.2, 0) is 14.8 Å². The molecule has 0 saturated carbocycles. The molecule has 0 bridgehead atoms. The number of nitrogens with one attached hydrogen (secondary N) is 3. The first-order valence-corrected chi connectivity index (χ1v) is 11.4. The molecular weight excluding hydrogens is 473 g/mol. The average molecular weight is 492 g/mol. The number of hydrazine groups is 1. The molecule has 3 N–H and O–H groups in total. The highest BCUT2D eigenvalue weighted by molar-refractivity contribution is 7.92. The minimum Gasteiger partial charge on any atom is -0.484 e. The fraction of sp³-hybridized carbons (Fsp3) is 0.0909. The fourth-order valence-corrected chi connectivity index (χ4v) is 3.95. The van der Waals surface area contributed by atoms with Gasteiger partial charge >= 0.3 is 0 Å². The Morgan fingerprint density at radius 3 is 2.42 bits per heavy atom. The normalized spacial score (nSPS) is 10.9. The van der Waals surface area contributed by atoms with Gasteiger partial charge in [0.2, 0.25) is 0 Å². The topological polar surface area (TPSA) is 114 Å². The summed E-state index contributed by atoms with van der Waals surface area (Å²) in [6.45, 7) is 1.52. The zero-order valence-electron chi connectivity index (χ0n) is 17.3. The number of benzene rings is 3. The molecule has 172 valence electrons. The highest BCUT2D eigenvalue weighted by atomic mass is 35.5. The highest BCUT2D eigenvalue weighted by Crippen LogP contribution is 2.22. The lowest BCUT2D eigenvalue weighted by Gasteiger charge is -2.12. The van der Waals surface area contributed by atoms with E-state index in [1.165, 1.54) is 24.3 Å². The van der Waals surface area contributed by atoms with Gasteiger partial charge in [0, 0.05) is 5.69 Å². The summed E-state index contributed by atoms with van der Waals surface area (Å²) in [6, 6.07) is 15.3. The van der Waals surface area contributed by atoms with Gasteiger partial charge in [-0.25, -0.2) is 12.8 Å². The third-order valence-electron chi connectivity index (χ3n) is 4.26. The summed E-state index contributed by atoms with van der Waals surface area (Å²) in [5.74, 6) is -1.49. The molecule has 0 radical (unpaired) electrons. The SMILES string of the molecule is Cc1cccc(OCC(=O)NNC(=O)c2cc(S(=O)(=O)Nc3ccc(F)cc3)ccc2Cl)c1. The van der Waals surface area contributed by atoms with E-state index in [0.717, 1.165) is 23.8 Å². The lowest BCUT2D eigenvalue weighted by atomic mass is 10.2. The zero-order valence-corrected chi connectivity index (χ0v) is 18.8. The van der Waals surface area contributed by atoms with Gasteiger partial charge < -0.3 is 4.74 Å². The molecule has 2 amide bonds. The number of carbonyl (C=O) groups excluding carboxylic acids is 2. The first-order chi connectivity index (χ1) is 15.6. The number of hydrogen-bond donors (Lipinski definition) is 3. The second-order valence-corrected chi connectivity index (χ2v) is 8.95. The van der Waals surface area contributed by atoms with Gasteiger partial charge in [-0.05, 0) is 67.1 Å². The molecule has 0 fully saturated rings. The van der Waals surface area contributed by atoms with Gasteiger partial charge in [-0.1, -0.05) is 23.7 Å². The molecule has 0 aliphatic rings. The summed E-state index contributed by atoms with van der Waals surface area (Å²) in [5.41, 5.74) is 5.25. The lowest BCUT2D eigenvalue weighted by Crippen LogP contribution is -2.44. The molecule has 0 aromatic heterocycles. The van der Waals surface area contributed by atoms with Crippen molar-refractivity contribution in [2.24, 2.45) is 0 Å². The third kappa shape index (κ3) is 6.67. The van der Waals surface area contributed by atoms with E-state index in [1.807, 2.05) is 13.0 Å². The van der Waals surface area contributed by atoms with Crippen molar-refractivity contribution in [3.63, 3.8) is 0 Å². The van der Waals surface area contributed by atoms with Crippen LogP contribution in [0.25, 0.3) is 0 Å². The molecule has 0 unspecified atom stereocenters. The lowest BCUT2D eigenvalue weighted by molar-refractivity contribution is -0.123. The molecule has 0 heterocycles. The second-order valence-electron chi connectivity index (χ2n) is 6.86. The van der Waals surface area contributed by atoms with E-state index in [2.05, 4.69) is 15.6 Å². The van der Waals surface area contributed by atoms with E-state index in [9.17, 15) is 22.4 Å². The molecule has 0 spiro atoms. The first kappa shape index (κ1) is 24.0. The quantitative estimate of drug-likeness (QED) is 0.438. The maximum absolute atomic E-state index is 13.0. The van der Waals surface area contributed by atoms with Crippen LogP contribution in [0, 0.1) is 12.7 Å². The van der Waals surface area contributed by atoms with Crippen molar-refractivity contribution < 1.29 is 27.1 Å². The van der Waals surface area contributed by atoms with E-state index < -0.39 is 27.7 Å². The second kappa shape index (κ2) is 10.3. The predicted molar refractivity (Wildman–Crippen MR) is 121 cm³/mol. The number of carbonyl (C=O) groups is 2. The third-order valence-corrected chi connectivity index (χ3v) is 5.97. The predicted octanol–water partition coefficient (Wildman–Crippen LogP) is 3.43. The molecule has 33 heavy (non-hydrogen) atoms. The molecule has 0 saturated heterocycles. The average Bonchev–Trinajstić information content (AvgIpc) is 2.77. The number of aryl methyl sites for hydroxylation is 1. The maximum atomic E-state index is 13.0. The van der Waals surface area contributed by atoms with Gasteiger partial charge in [0.1, 0.15) is 11.6 Å². The molecule has 3 aromatic rings. The van der Waals surface area contributed by atoms with Crippen LogP contribution in [0.5, 0.6) is 5.75 Å². The number of ether oxygens (including phenoxy) is 1. The molecule has 11 heteroatoms. The van der Waals surface area contributed by atoms with Gasteiger partial charge in [-0.15, -0.1) is 0 Å². The Hall–Kier alpha value is -3.63. The summed E-state index contributed by atoms with van der Waals surface area (Å²) in [7, 11) is -4.09. The Labute approximate surface area is 194 Å². The van der Waals surface area contributed by atoms with Gasteiger partial charge in [0.05, 0.1) is 15.5 Å². The van der Waals surface area contributed by atoms with Crippen LogP contribution in [0.3, 0.4) is 0 Å². The number of anilines is 1. The monoisotopic (exact) mass is 491 g/mol. The Morgan fingerprint density at radius 1 is 1.00 bits per heavy atom. The number of rotatable bonds is 7. The van der Waals surface area contributed by atoms with Crippen molar-refractivity contribution in [2.75, 3.05) is 11.3 Å². The molecule has 0 aliphatic heterocycles. The van der Waals surface area contributed by atoms with Gasteiger partial charge in [-0.2, -0.15) is 0 Å². The maximum Gasteiger partial charge on any atom is 0.276 e. The van der Waals surface area contributed by atoms with Crippen LogP contribution in [0.4, 0.5) is 10.1 Å². The Kier molecular flexibility index (Phi) is 7.52. The van der Waals surface area contributed by atoms with Gasteiger partial charge in [0.25, 0.3) is 21.8 Å². The van der Waals surface area contributed by atoms with Crippen LogP contribution in [0.1, 0.15) is 15.9 Å². The smallest absolute Gasteiger partial charge is 0.276 e. The summed E-state index contributed by atoms with van der Waals surface area (Å²) < 4.78 is 45.9. The molecule has 3 aromatic carbocycles. The minimum absolute atomic E-state index is 0.0292. The van der Waals surface area contributed by atoms with Crippen molar-refractivity contribution in [3.8, 4) is 5.75 Å². The van der Waals surface area contributed by atoms with Crippen molar-refractivity contribution in [1.29, 1.82) is 0 Å². The summed E-state index contributed by atoms with van der Waals surface area (Å²) in [6.07, 6.45) is 0. The van der Waals surface area contributed by atoms with Gasteiger partial charge in [-0.3, -0.25) is 25.2 Å². The first-order valence-electron chi connectivity index (χ1n) is 9.50. The minimum atomic E-state index is -4.09. The van der Waals surface area contributed by atoms with E-state index in [1.54, 1.807) is 18.2 Å². The Bertz CT molecular complexity index is 1280. The molecule has 0 atom stereocenters. The number of sulfonamides is 1.